The molecule has 2 aromatic rings. The van der Waals surface area contributed by atoms with Crippen LogP contribution in [0, 0.1) is 24.2 Å². The van der Waals surface area contributed by atoms with Crippen molar-refractivity contribution in [1.29, 1.82) is 5.41 Å². The molecule has 33 heavy (non-hydrogen) atoms. The van der Waals surface area contributed by atoms with Gasteiger partial charge in [-0.2, -0.15) is 0 Å². The molecule has 7 heteroatoms. The van der Waals surface area contributed by atoms with Gasteiger partial charge in [0.15, 0.2) is 9.84 Å². The third-order valence-corrected chi connectivity index (χ3v) is 10.8. The Morgan fingerprint density at radius 1 is 1.33 bits per heavy atom. The molecule has 0 bridgehead atoms. The fourth-order valence-electron chi connectivity index (χ4n) is 4.17. The summed E-state index contributed by atoms with van der Waals surface area (Å²) in [6.07, 6.45) is 3.88. The minimum absolute atomic E-state index is 0.000842. The maximum absolute atomic E-state index is 12.8. The smallest absolute Gasteiger partial charge is 0.165 e. The van der Waals surface area contributed by atoms with Gasteiger partial charge >= 0.3 is 0 Å². The first-order valence-electron chi connectivity index (χ1n) is 10.9. The third-order valence-electron chi connectivity index (χ3n) is 6.89. The van der Waals surface area contributed by atoms with Gasteiger partial charge in [0.1, 0.15) is 10.6 Å². The number of hydrogen-bond donors (Lipinski definition) is 2. The lowest BCUT2D eigenvalue weighted by Crippen LogP contribution is -2.65. The number of ether oxygens (including phenoxy) is 1. The summed E-state index contributed by atoms with van der Waals surface area (Å²) in [5, 5.41) is 12.5. The van der Waals surface area contributed by atoms with Crippen LogP contribution >= 0.6 is 11.3 Å². The Labute approximate surface area is 200 Å². The van der Waals surface area contributed by atoms with Crippen molar-refractivity contribution in [3.8, 4) is 11.8 Å². The van der Waals surface area contributed by atoms with E-state index in [4.69, 9.17) is 10.1 Å². The standard InChI is InChI=1S/C26H30N2O3S2/c1-7-8-18-11-20-17(3)22(32-23(20)12-21(18)19-13-31-14-19)10-9-16(2)26(6)15-33(29,30)25(4,5)24(27)28-26/h9-12,19H,2,13-15H2,1,3-6H3,(H2,27,28)/b10-9-/t26-/m0/s1. The molecule has 0 radical (unpaired) electrons. The summed E-state index contributed by atoms with van der Waals surface area (Å²) in [6, 6.07) is 4.42. The van der Waals surface area contributed by atoms with E-state index < -0.39 is 20.1 Å². The largest absolute Gasteiger partial charge is 0.380 e. The molecule has 0 unspecified atom stereocenters. The highest BCUT2D eigenvalue weighted by Crippen LogP contribution is 2.38. The van der Waals surface area contributed by atoms with Crippen molar-refractivity contribution in [2.45, 2.75) is 50.8 Å². The minimum Gasteiger partial charge on any atom is -0.380 e. The average Bonchev–Trinajstić information content (AvgIpc) is 2.98. The Morgan fingerprint density at radius 3 is 2.61 bits per heavy atom. The second-order valence-electron chi connectivity index (χ2n) is 9.60. The van der Waals surface area contributed by atoms with E-state index in [1.165, 1.54) is 15.6 Å². The molecule has 4 rings (SSSR count). The number of thiophene rings is 1. The van der Waals surface area contributed by atoms with Gasteiger partial charge in [-0.05, 0) is 74.9 Å². The van der Waals surface area contributed by atoms with Gasteiger partial charge in [-0.25, -0.2) is 8.42 Å². The summed E-state index contributed by atoms with van der Waals surface area (Å²) in [7, 11) is -3.50. The number of benzene rings is 1. The highest BCUT2D eigenvalue weighted by Gasteiger charge is 2.50. The summed E-state index contributed by atoms with van der Waals surface area (Å²) < 4.78 is 31.0. The summed E-state index contributed by atoms with van der Waals surface area (Å²) >= 11 is 1.71. The predicted octanol–water partition coefficient (Wildman–Crippen LogP) is 4.80. The zero-order valence-electron chi connectivity index (χ0n) is 19.8. The fourth-order valence-corrected chi connectivity index (χ4v) is 7.05. The Bertz CT molecular complexity index is 1370. The van der Waals surface area contributed by atoms with Gasteiger partial charge in [-0.1, -0.05) is 18.6 Å². The van der Waals surface area contributed by atoms with Crippen molar-refractivity contribution < 1.29 is 13.2 Å². The lowest BCUT2D eigenvalue weighted by molar-refractivity contribution is 0.00838. The zero-order valence-corrected chi connectivity index (χ0v) is 21.4. The molecular formula is C26H30N2O3S2. The van der Waals surface area contributed by atoms with Crippen LogP contribution in [0.3, 0.4) is 0 Å². The molecule has 2 N–H and O–H groups in total. The number of nitrogens with one attached hydrogen (secondary N) is 2. The van der Waals surface area contributed by atoms with E-state index in [0.717, 1.165) is 29.2 Å². The van der Waals surface area contributed by atoms with Crippen LogP contribution in [0.2, 0.25) is 0 Å². The van der Waals surface area contributed by atoms with Crippen LogP contribution in [0.15, 0.2) is 30.4 Å². The van der Waals surface area contributed by atoms with Crippen molar-refractivity contribution in [3.63, 3.8) is 0 Å². The maximum atomic E-state index is 12.8. The SMILES string of the molecule is C=C(/C=C\c1sc2cc(C3COC3)c(C#CC)cc2c1C)[C@]1(C)CS(=O)(=O)C(C)(C)C(=N)N1. The molecule has 1 aromatic carbocycles. The van der Waals surface area contributed by atoms with Crippen LogP contribution in [0.5, 0.6) is 0 Å². The van der Waals surface area contributed by atoms with Crippen molar-refractivity contribution in [3.05, 3.63) is 51.9 Å². The Hall–Kier alpha value is -2.40. The van der Waals surface area contributed by atoms with Gasteiger partial charge in [0.05, 0.1) is 24.5 Å². The molecule has 2 fully saturated rings. The van der Waals surface area contributed by atoms with Crippen LogP contribution in [-0.2, 0) is 14.6 Å². The van der Waals surface area contributed by atoms with Gasteiger partial charge in [0.25, 0.3) is 0 Å². The highest BCUT2D eigenvalue weighted by molar-refractivity contribution is 7.93. The van der Waals surface area contributed by atoms with E-state index >= 15 is 0 Å². The van der Waals surface area contributed by atoms with Crippen molar-refractivity contribution in [2.75, 3.05) is 19.0 Å². The molecule has 1 aromatic heterocycles. The molecule has 0 spiro atoms. The zero-order chi connectivity index (χ0) is 24.2. The first-order valence-corrected chi connectivity index (χ1v) is 13.4. The van der Waals surface area contributed by atoms with Crippen LogP contribution in [-0.4, -0.2) is 43.5 Å². The Morgan fingerprint density at radius 2 is 2.03 bits per heavy atom. The number of amidine groups is 1. The number of aryl methyl sites for hydroxylation is 1. The van der Waals surface area contributed by atoms with Gasteiger partial charge in [0.2, 0.25) is 0 Å². The summed E-state index contributed by atoms with van der Waals surface area (Å²) in [6.45, 7) is 14.5. The summed E-state index contributed by atoms with van der Waals surface area (Å²) in [4.78, 5) is 1.10. The number of fused-ring (bicyclic) bond motifs is 1. The molecule has 174 valence electrons. The lowest BCUT2D eigenvalue weighted by atomic mass is 9.91. The van der Waals surface area contributed by atoms with Crippen molar-refractivity contribution >= 4 is 43.2 Å². The first kappa shape index (κ1) is 23.7. The molecule has 2 aliphatic heterocycles. The highest BCUT2D eigenvalue weighted by atomic mass is 32.2. The monoisotopic (exact) mass is 482 g/mol. The van der Waals surface area contributed by atoms with E-state index in [-0.39, 0.29) is 11.6 Å². The van der Waals surface area contributed by atoms with Crippen LogP contribution < -0.4 is 5.32 Å². The molecule has 3 heterocycles. The van der Waals surface area contributed by atoms with E-state index in [2.05, 4.69) is 42.8 Å². The number of rotatable bonds is 4. The van der Waals surface area contributed by atoms with E-state index in [9.17, 15) is 8.42 Å². The molecule has 2 saturated heterocycles. The van der Waals surface area contributed by atoms with Gasteiger partial charge in [0, 0.05) is 21.1 Å². The summed E-state index contributed by atoms with van der Waals surface area (Å²) in [5.74, 6) is 6.57. The maximum Gasteiger partial charge on any atom is 0.165 e. The molecule has 0 saturated carbocycles. The first-order chi connectivity index (χ1) is 15.4. The third kappa shape index (κ3) is 3.95. The van der Waals surface area contributed by atoms with E-state index in [1.807, 2.05) is 19.1 Å². The van der Waals surface area contributed by atoms with E-state index in [0.29, 0.717) is 11.5 Å². The molecule has 2 aliphatic rings. The Kier molecular flexibility index (Phi) is 5.84. The number of hydrogen-bond acceptors (Lipinski definition) is 5. The van der Waals surface area contributed by atoms with Gasteiger partial charge in [-0.3, -0.25) is 5.41 Å². The topological polar surface area (TPSA) is 79.2 Å². The quantitative estimate of drug-likeness (QED) is 0.485. The molecule has 0 amide bonds. The summed E-state index contributed by atoms with van der Waals surface area (Å²) in [5.41, 5.74) is 3.18. The second kappa shape index (κ2) is 8.12. The fraction of sp³-hybridized carbons (Fsp3) is 0.423. The second-order valence-corrected chi connectivity index (χ2v) is 13.2. The molecule has 1 atom stereocenters. The minimum atomic E-state index is -3.50. The number of sulfone groups is 1. The Balaban J connectivity index is 1.66. The molecule has 5 nitrogen and oxygen atoms in total. The van der Waals surface area contributed by atoms with Crippen LogP contribution in [0.4, 0.5) is 0 Å². The van der Waals surface area contributed by atoms with Crippen molar-refractivity contribution in [1.82, 2.24) is 5.32 Å². The average molecular weight is 483 g/mol. The van der Waals surface area contributed by atoms with Crippen LogP contribution in [0.1, 0.15) is 55.2 Å². The normalized spacial score (nSPS) is 24.2. The van der Waals surface area contributed by atoms with Gasteiger partial charge in [-0.15, -0.1) is 17.3 Å². The van der Waals surface area contributed by atoms with Crippen LogP contribution in [0.25, 0.3) is 16.2 Å². The van der Waals surface area contributed by atoms with E-state index in [1.54, 1.807) is 32.1 Å². The predicted molar refractivity (Wildman–Crippen MR) is 138 cm³/mol. The molecule has 0 aliphatic carbocycles. The van der Waals surface area contributed by atoms with Crippen molar-refractivity contribution in [2.24, 2.45) is 0 Å². The lowest BCUT2D eigenvalue weighted by Gasteiger charge is -2.43. The van der Waals surface area contributed by atoms with Gasteiger partial charge < -0.3 is 10.1 Å². The molecular weight excluding hydrogens is 452 g/mol.